The predicted octanol–water partition coefficient (Wildman–Crippen LogP) is 3.79. The molecule has 0 aromatic heterocycles. The van der Waals surface area contributed by atoms with Gasteiger partial charge >= 0.3 is 0 Å². The van der Waals surface area contributed by atoms with Crippen LogP contribution in [0.2, 0.25) is 0 Å². The number of nitrogens with one attached hydrogen (secondary N) is 2. The third-order valence-electron chi connectivity index (χ3n) is 3.78. The van der Waals surface area contributed by atoms with Crippen molar-refractivity contribution in [2.24, 2.45) is 0 Å². The van der Waals surface area contributed by atoms with Gasteiger partial charge < -0.3 is 15.5 Å². The lowest BCUT2D eigenvalue weighted by Gasteiger charge is -2.19. The van der Waals surface area contributed by atoms with E-state index in [0.717, 1.165) is 11.3 Å². The number of hydrogen-bond acceptors (Lipinski definition) is 2. The Morgan fingerprint density at radius 3 is 2.44 bits per heavy atom. The maximum atomic E-state index is 12.9. The van der Waals surface area contributed by atoms with Gasteiger partial charge in [0.15, 0.2) is 5.11 Å². The summed E-state index contributed by atoms with van der Waals surface area (Å²) in [4.78, 5) is 14.2. The molecule has 6 heteroatoms. The van der Waals surface area contributed by atoms with Gasteiger partial charge in [0.05, 0.1) is 0 Å². The smallest absolute Gasteiger partial charge is 0.253 e. The number of halogens is 1. The van der Waals surface area contributed by atoms with Crippen LogP contribution in [0, 0.1) is 5.82 Å². The Morgan fingerprint density at radius 1 is 1.12 bits per heavy atom. The fourth-order valence-electron chi connectivity index (χ4n) is 2.38. The van der Waals surface area contributed by atoms with Crippen LogP contribution in [-0.4, -0.2) is 29.0 Å². The third kappa shape index (κ3) is 5.53. The molecule has 25 heavy (non-hydrogen) atoms. The van der Waals surface area contributed by atoms with Gasteiger partial charge in [-0.25, -0.2) is 4.39 Å². The minimum Gasteiger partial charge on any atom is -0.358 e. The first kappa shape index (κ1) is 18.9. The van der Waals surface area contributed by atoms with E-state index in [-0.39, 0.29) is 11.7 Å². The van der Waals surface area contributed by atoms with Crippen LogP contribution in [0.4, 0.5) is 10.1 Å². The van der Waals surface area contributed by atoms with Gasteiger partial charge in [-0.3, -0.25) is 4.79 Å². The molecule has 0 spiro atoms. The van der Waals surface area contributed by atoms with Gasteiger partial charge in [-0.1, -0.05) is 18.2 Å². The highest BCUT2D eigenvalue weighted by molar-refractivity contribution is 7.80. The van der Waals surface area contributed by atoms with Crippen molar-refractivity contribution >= 4 is 28.9 Å². The number of carbonyl (C=O) groups excluding carboxylic acids is 1. The van der Waals surface area contributed by atoms with Gasteiger partial charge in [-0.15, -0.1) is 0 Å². The number of anilines is 1. The van der Waals surface area contributed by atoms with Crippen LogP contribution in [-0.2, 0) is 6.54 Å². The van der Waals surface area contributed by atoms with Crippen LogP contribution < -0.4 is 10.6 Å². The average molecular weight is 359 g/mol. The highest BCUT2D eigenvalue weighted by atomic mass is 32.1. The number of hydrogen-bond donors (Lipinski definition) is 2. The molecule has 0 saturated carbocycles. The van der Waals surface area contributed by atoms with E-state index in [0.29, 0.717) is 30.3 Å². The lowest BCUT2D eigenvalue weighted by Crippen LogP contribution is -2.31. The minimum atomic E-state index is -0.265. The van der Waals surface area contributed by atoms with E-state index in [1.165, 1.54) is 12.1 Å². The number of nitrogens with zero attached hydrogens (tertiary/aromatic N) is 1. The Kier molecular flexibility index (Phi) is 6.89. The molecule has 0 heterocycles. The third-order valence-corrected chi connectivity index (χ3v) is 4.03. The molecular formula is C19H22FN3OS. The molecule has 0 saturated heterocycles. The second-order valence-electron chi connectivity index (χ2n) is 5.49. The molecule has 0 aliphatic heterocycles. The number of amides is 1. The summed E-state index contributed by atoms with van der Waals surface area (Å²) >= 11 is 5.28. The highest BCUT2D eigenvalue weighted by Crippen LogP contribution is 2.13. The summed E-state index contributed by atoms with van der Waals surface area (Å²) in [6, 6.07) is 13.5. The van der Waals surface area contributed by atoms with E-state index in [4.69, 9.17) is 12.2 Å². The number of benzene rings is 2. The topological polar surface area (TPSA) is 44.4 Å². The number of thiocarbonyl (C=S) groups is 1. The maximum absolute atomic E-state index is 12.9. The zero-order valence-corrected chi connectivity index (χ0v) is 15.2. The molecule has 132 valence electrons. The van der Waals surface area contributed by atoms with Crippen molar-refractivity contribution in [3.63, 3.8) is 0 Å². The van der Waals surface area contributed by atoms with Crippen LogP contribution in [0.3, 0.4) is 0 Å². The second-order valence-corrected chi connectivity index (χ2v) is 5.90. The quantitative estimate of drug-likeness (QED) is 0.770. The SMILES string of the molecule is CCN(CC)C(=O)c1cccc(NC(=S)NCc2ccc(F)cc2)c1. The summed E-state index contributed by atoms with van der Waals surface area (Å²) in [7, 11) is 0. The molecule has 0 aliphatic carbocycles. The van der Waals surface area contributed by atoms with Crippen molar-refractivity contribution in [3.8, 4) is 0 Å². The zero-order chi connectivity index (χ0) is 18.2. The Morgan fingerprint density at radius 2 is 1.80 bits per heavy atom. The Labute approximate surface area is 153 Å². The summed E-state index contributed by atoms with van der Waals surface area (Å²) < 4.78 is 12.9. The molecule has 2 aromatic carbocycles. The summed E-state index contributed by atoms with van der Waals surface area (Å²) in [6.07, 6.45) is 0. The van der Waals surface area contributed by atoms with Gasteiger partial charge in [0.25, 0.3) is 5.91 Å². The molecule has 4 nitrogen and oxygen atoms in total. The summed E-state index contributed by atoms with van der Waals surface area (Å²) in [6.45, 7) is 5.75. The molecule has 0 fully saturated rings. The van der Waals surface area contributed by atoms with E-state index in [9.17, 15) is 9.18 Å². The molecule has 0 aliphatic rings. The Bertz CT molecular complexity index is 730. The van der Waals surface area contributed by atoms with Gasteiger partial charge in [0.1, 0.15) is 5.82 Å². The van der Waals surface area contributed by atoms with Crippen molar-refractivity contribution in [1.29, 1.82) is 0 Å². The zero-order valence-electron chi connectivity index (χ0n) is 14.4. The van der Waals surface area contributed by atoms with E-state index in [1.54, 1.807) is 29.2 Å². The first-order chi connectivity index (χ1) is 12.0. The van der Waals surface area contributed by atoms with Gasteiger partial charge in [-0.2, -0.15) is 0 Å². The lowest BCUT2D eigenvalue weighted by atomic mass is 10.1. The lowest BCUT2D eigenvalue weighted by molar-refractivity contribution is 0.0773. The van der Waals surface area contributed by atoms with Crippen LogP contribution in [0.15, 0.2) is 48.5 Å². The van der Waals surface area contributed by atoms with E-state index >= 15 is 0 Å². The van der Waals surface area contributed by atoms with Crippen LogP contribution in [0.25, 0.3) is 0 Å². The fraction of sp³-hybridized carbons (Fsp3) is 0.263. The average Bonchev–Trinajstić information content (AvgIpc) is 2.62. The van der Waals surface area contributed by atoms with Crippen LogP contribution >= 0.6 is 12.2 Å². The molecule has 2 aromatic rings. The van der Waals surface area contributed by atoms with E-state index in [1.807, 2.05) is 26.0 Å². The van der Waals surface area contributed by atoms with Crippen molar-refractivity contribution in [2.45, 2.75) is 20.4 Å². The fourth-order valence-corrected chi connectivity index (χ4v) is 2.57. The predicted molar refractivity (Wildman–Crippen MR) is 103 cm³/mol. The van der Waals surface area contributed by atoms with E-state index in [2.05, 4.69) is 10.6 Å². The number of rotatable bonds is 6. The largest absolute Gasteiger partial charge is 0.358 e. The first-order valence-electron chi connectivity index (χ1n) is 8.22. The van der Waals surface area contributed by atoms with Crippen molar-refractivity contribution < 1.29 is 9.18 Å². The molecule has 0 unspecified atom stereocenters. The molecule has 0 radical (unpaired) electrons. The van der Waals surface area contributed by atoms with Gasteiger partial charge in [-0.05, 0) is 62.0 Å². The molecule has 0 atom stereocenters. The van der Waals surface area contributed by atoms with Gasteiger partial charge in [0, 0.05) is 30.9 Å². The first-order valence-corrected chi connectivity index (χ1v) is 8.63. The minimum absolute atomic E-state index is 0.00107. The molecule has 0 bridgehead atoms. The van der Waals surface area contributed by atoms with Gasteiger partial charge in [0.2, 0.25) is 0 Å². The monoisotopic (exact) mass is 359 g/mol. The molecule has 2 rings (SSSR count). The summed E-state index contributed by atoms with van der Waals surface area (Å²) in [5.74, 6) is -0.266. The van der Waals surface area contributed by atoms with E-state index < -0.39 is 0 Å². The molecule has 2 N–H and O–H groups in total. The second kappa shape index (κ2) is 9.13. The van der Waals surface area contributed by atoms with Crippen molar-refractivity contribution in [2.75, 3.05) is 18.4 Å². The van der Waals surface area contributed by atoms with Crippen molar-refractivity contribution in [3.05, 3.63) is 65.5 Å². The normalized spacial score (nSPS) is 10.2. The Balaban J connectivity index is 1.95. The summed E-state index contributed by atoms with van der Waals surface area (Å²) in [5, 5.41) is 6.57. The number of carbonyl (C=O) groups is 1. The molecule has 1 amide bonds. The highest BCUT2D eigenvalue weighted by Gasteiger charge is 2.12. The van der Waals surface area contributed by atoms with Crippen LogP contribution in [0.5, 0.6) is 0 Å². The van der Waals surface area contributed by atoms with Crippen LogP contribution in [0.1, 0.15) is 29.8 Å². The molecular weight excluding hydrogens is 337 g/mol. The standard InChI is InChI=1S/C19H22FN3OS/c1-3-23(4-2)18(24)15-6-5-7-17(12-15)22-19(25)21-13-14-8-10-16(20)11-9-14/h5-12H,3-4,13H2,1-2H3,(H2,21,22,25). The maximum Gasteiger partial charge on any atom is 0.253 e. The summed E-state index contributed by atoms with van der Waals surface area (Å²) in [5.41, 5.74) is 2.29. The van der Waals surface area contributed by atoms with Crippen molar-refractivity contribution in [1.82, 2.24) is 10.2 Å². The Hall–Kier alpha value is -2.47.